The molecule has 0 saturated carbocycles. The Bertz CT molecular complexity index is 279. The highest BCUT2D eigenvalue weighted by atomic mass is 16.4. The second kappa shape index (κ2) is 3.67. The first-order valence-corrected chi connectivity index (χ1v) is 3.48. The van der Waals surface area contributed by atoms with Gasteiger partial charge in [-0.3, -0.25) is 4.79 Å². The minimum Gasteiger partial charge on any atom is -0.480 e. The van der Waals surface area contributed by atoms with Gasteiger partial charge in [-0.05, 0) is 5.56 Å². The van der Waals surface area contributed by atoms with E-state index in [2.05, 4.69) is 0 Å². The predicted molar refractivity (Wildman–Crippen MR) is 42.9 cm³/mol. The van der Waals surface area contributed by atoms with Crippen molar-refractivity contribution < 1.29 is 14.7 Å². The highest BCUT2D eigenvalue weighted by molar-refractivity contribution is 5.92. The molecule has 0 spiro atoms. The van der Waals surface area contributed by atoms with E-state index in [0.29, 0.717) is 11.8 Å². The molecular weight excluding hydrogens is 156 g/mol. The van der Waals surface area contributed by atoms with Crippen LogP contribution < -0.4 is 0 Å². The molecule has 0 radical (unpaired) electrons. The van der Waals surface area contributed by atoms with Gasteiger partial charge in [0.15, 0.2) is 0 Å². The number of aliphatic carboxylic acids is 1. The number of hydrogen-bond acceptors (Lipinski definition) is 2. The minimum atomic E-state index is -1.11. The van der Waals surface area contributed by atoms with E-state index < -0.39 is 11.9 Å². The molecule has 3 heteroatoms. The van der Waals surface area contributed by atoms with Gasteiger partial charge >= 0.3 is 5.97 Å². The summed E-state index contributed by atoms with van der Waals surface area (Å²) in [5.41, 5.74) is 0.514. The first kappa shape index (κ1) is 8.46. The molecule has 12 heavy (non-hydrogen) atoms. The van der Waals surface area contributed by atoms with Crippen LogP contribution in [0.4, 0.5) is 0 Å². The van der Waals surface area contributed by atoms with Crippen LogP contribution in [0.15, 0.2) is 30.3 Å². The third-order valence-corrected chi connectivity index (χ3v) is 1.56. The zero-order valence-corrected chi connectivity index (χ0v) is 6.31. The lowest BCUT2D eigenvalue weighted by Gasteiger charge is -2.03. The number of rotatable bonds is 3. The molecule has 1 rings (SSSR count). The highest BCUT2D eigenvalue weighted by Gasteiger charge is 2.17. The van der Waals surface area contributed by atoms with E-state index in [0.717, 1.165) is 0 Å². The zero-order valence-electron chi connectivity index (χ0n) is 6.31. The van der Waals surface area contributed by atoms with Crippen LogP contribution >= 0.6 is 0 Å². The molecule has 0 fully saturated rings. The summed E-state index contributed by atoms with van der Waals surface area (Å²) in [6.45, 7) is 0. The Labute approximate surface area is 69.6 Å². The first-order chi connectivity index (χ1) is 5.75. The maximum atomic E-state index is 10.5. The predicted octanol–water partition coefficient (Wildman–Crippen LogP) is 1.05. The van der Waals surface area contributed by atoms with Gasteiger partial charge in [0.2, 0.25) is 0 Å². The lowest BCUT2D eigenvalue weighted by Crippen LogP contribution is -2.12. The van der Waals surface area contributed by atoms with Crippen molar-refractivity contribution in [1.82, 2.24) is 0 Å². The van der Waals surface area contributed by atoms with Gasteiger partial charge in [-0.15, -0.1) is 0 Å². The molecule has 62 valence electrons. The van der Waals surface area contributed by atoms with Gasteiger partial charge in [-0.1, -0.05) is 30.3 Å². The summed E-state index contributed by atoms with van der Waals surface area (Å²) in [7, 11) is 0. The van der Waals surface area contributed by atoms with Crippen molar-refractivity contribution in [2.75, 3.05) is 0 Å². The summed E-state index contributed by atoms with van der Waals surface area (Å²) in [6.07, 6.45) is 0.428. The molecular formula is C9H8O3. The van der Waals surface area contributed by atoms with Crippen LogP contribution in [0.3, 0.4) is 0 Å². The van der Waals surface area contributed by atoms with Gasteiger partial charge < -0.3 is 9.90 Å². The van der Waals surface area contributed by atoms with Crippen LogP contribution in [0.2, 0.25) is 0 Å². The number of hydrogen-bond donors (Lipinski definition) is 1. The number of carboxylic acids is 1. The summed E-state index contributed by atoms with van der Waals surface area (Å²) in [6, 6.07) is 8.41. The molecule has 0 saturated heterocycles. The van der Waals surface area contributed by atoms with Crippen LogP contribution in [0.25, 0.3) is 0 Å². The van der Waals surface area contributed by atoms with Gasteiger partial charge in [0.25, 0.3) is 0 Å². The molecule has 0 bridgehead atoms. The zero-order chi connectivity index (χ0) is 8.97. The van der Waals surface area contributed by atoms with Crippen molar-refractivity contribution in [2.45, 2.75) is 5.92 Å². The van der Waals surface area contributed by atoms with Crippen LogP contribution in [-0.4, -0.2) is 17.4 Å². The van der Waals surface area contributed by atoms with Gasteiger partial charge in [-0.2, -0.15) is 0 Å². The summed E-state index contributed by atoms with van der Waals surface area (Å²) >= 11 is 0. The quantitative estimate of drug-likeness (QED) is 0.536. The summed E-state index contributed by atoms with van der Waals surface area (Å²) in [5, 5.41) is 8.60. The van der Waals surface area contributed by atoms with Crippen molar-refractivity contribution in [3.05, 3.63) is 35.9 Å². The van der Waals surface area contributed by atoms with Crippen molar-refractivity contribution >= 4 is 12.3 Å². The SMILES string of the molecule is O=CC(C(=O)O)c1ccccc1. The Morgan fingerprint density at radius 3 is 2.33 bits per heavy atom. The Hall–Kier alpha value is -1.64. The molecule has 1 aromatic rings. The average molecular weight is 164 g/mol. The maximum absolute atomic E-state index is 10.5. The van der Waals surface area contributed by atoms with Gasteiger partial charge in [0.05, 0.1) is 0 Å². The van der Waals surface area contributed by atoms with E-state index in [1.807, 2.05) is 0 Å². The number of carbonyl (C=O) groups is 2. The fourth-order valence-electron chi connectivity index (χ4n) is 0.940. The second-order valence-corrected chi connectivity index (χ2v) is 2.36. The lowest BCUT2D eigenvalue weighted by molar-refractivity contribution is -0.140. The molecule has 0 heterocycles. The summed E-state index contributed by atoms with van der Waals surface area (Å²) < 4.78 is 0. The second-order valence-electron chi connectivity index (χ2n) is 2.36. The number of carbonyl (C=O) groups excluding carboxylic acids is 1. The Morgan fingerprint density at radius 2 is 1.92 bits per heavy atom. The molecule has 1 unspecified atom stereocenters. The first-order valence-electron chi connectivity index (χ1n) is 3.48. The third-order valence-electron chi connectivity index (χ3n) is 1.56. The molecule has 1 aromatic carbocycles. The summed E-state index contributed by atoms with van der Waals surface area (Å²) in [5.74, 6) is -2.15. The Morgan fingerprint density at radius 1 is 1.33 bits per heavy atom. The molecule has 0 aliphatic heterocycles. The molecule has 0 aliphatic rings. The molecule has 0 aromatic heterocycles. The van der Waals surface area contributed by atoms with E-state index in [4.69, 9.17) is 5.11 Å². The van der Waals surface area contributed by atoms with Crippen molar-refractivity contribution in [3.8, 4) is 0 Å². The third kappa shape index (κ3) is 1.69. The molecule has 0 amide bonds. The number of carboxylic acid groups (broad SMARTS) is 1. The fourth-order valence-corrected chi connectivity index (χ4v) is 0.940. The van der Waals surface area contributed by atoms with E-state index in [9.17, 15) is 9.59 Å². The van der Waals surface area contributed by atoms with Crippen molar-refractivity contribution in [1.29, 1.82) is 0 Å². The van der Waals surface area contributed by atoms with Gasteiger partial charge in [-0.25, -0.2) is 0 Å². The normalized spacial score (nSPS) is 12.0. The number of benzene rings is 1. The van der Waals surface area contributed by atoms with E-state index >= 15 is 0 Å². The lowest BCUT2D eigenvalue weighted by atomic mass is 10.0. The Kier molecular flexibility index (Phi) is 2.58. The number of aldehydes is 1. The molecule has 0 aliphatic carbocycles. The average Bonchev–Trinajstić information content (AvgIpc) is 2.07. The van der Waals surface area contributed by atoms with Gasteiger partial charge in [0, 0.05) is 0 Å². The minimum absolute atomic E-state index is 0.428. The monoisotopic (exact) mass is 164 g/mol. The molecule has 3 nitrogen and oxygen atoms in total. The smallest absolute Gasteiger partial charge is 0.318 e. The molecule has 1 atom stereocenters. The maximum Gasteiger partial charge on any atom is 0.318 e. The summed E-state index contributed by atoms with van der Waals surface area (Å²) in [4.78, 5) is 20.9. The van der Waals surface area contributed by atoms with Crippen LogP contribution in [0, 0.1) is 0 Å². The van der Waals surface area contributed by atoms with E-state index in [1.54, 1.807) is 30.3 Å². The Balaban J connectivity index is 2.95. The van der Waals surface area contributed by atoms with Crippen molar-refractivity contribution in [2.24, 2.45) is 0 Å². The van der Waals surface area contributed by atoms with Crippen LogP contribution in [-0.2, 0) is 9.59 Å². The highest BCUT2D eigenvalue weighted by Crippen LogP contribution is 2.12. The van der Waals surface area contributed by atoms with E-state index in [1.165, 1.54) is 0 Å². The topological polar surface area (TPSA) is 54.4 Å². The largest absolute Gasteiger partial charge is 0.480 e. The van der Waals surface area contributed by atoms with Crippen LogP contribution in [0.5, 0.6) is 0 Å². The standard InChI is InChI=1S/C9H8O3/c10-6-8(9(11)12)7-4-2-1-3-5-7/h1-6,8H,(H,11,12). The van der Waals surface area contributed by atoms with Crippen molar-refractivity contribution in [3.63, 3.8) is 0 Å². The van der Waals surface area contributed by atoms with E-state index in [-0.39, 0.29) is 0 Å². The van der Waals surface area contributed by atoms with Crippen LogP contribution in [0.1, 0.15) is 11.5 Å². The van der Waals surface area contributed by atoms with Gasteiger partial charge in [0.1, 0.15) is 12.2 Å². The molecule has 1 N–H and O–H groups in total. The fraction of sp³-hybridized carbons (Fsp3) is 0.111.